The Morgan fingerprint density at radius 2 is 2.15 bits per heavy atom. The highest BCUT2D eigenvalue weighted by atomic mass is 16.2. The van der Waals surface area contributed by atoms with Crippen molar-refractivity contribution in [2.24, 2.45) is 17.3 Å². The monoisotopic (exact) mass is 182 g/mol. The van der Waals surface area contributed by atoms with Crippen LogP contribution in [-0.2, 0) is 0 Å². The number of rotatable bonds is 2. The standard InChI is InChI=1S/C12H22O/c1-10-6-4-8-12(2,3)11(10)7-5-9-13/h5,7,10-11,13H,4,6,8-9H2,1-3H3/b7-5+/t10-,11?/m0/s1. The zero-order valence-corrected chi connectivity index (χ0v) is 9.09. The van der Waals surface area contributed by atoms with Gasteiger partial charge in [0.05, 0.1) is 6.61 Å². The first-order valence-electron chi connectivity index (χ1n) is 5.35. The Bertz CT molecular complexity index is 182. The minimum Gasteiger partial charge on any atom is -0.392 e. The molecule has 0 bridgehead atoms. The predicted molar refractivity (Wildman–Crippen MR) is 56.5 cm³/mol. The van der Waals surface area contributed by atoms with E-state index in [-0.39, 0.29) is 6.61 Å². The molecule has 1 heteroatoms. The third-order valence-corrected chi connectivity index (χ3v) is 3.44. The third kappa shape index (κ3) is 2.57. The van der Waals surface area contributed by atoms with E-state index in [0.717, 1.165) is 5.92 Å². The van der Waals surface area contributed by atoms with E-state index < -0.39 is 0 Å². The summed E-state index contributed by atoms with van der Waals surface area (Å²) >= 11 is 0. The van der Waals surface area contributed by atoms with Crippen molar-refractivity contribution in [1.29, 1.82) is 0 Å². The normalized spacial score (nSPS) is 33.8. The summed E-state index contributed by atoms with van der Waals surface area (Å²) in [6, 6.07) is 0. The lowest BCUT2D eigenvalue weighted by molar-refractivity contribution is 0.122. The Morgan fingerprint density at radius 3 is 2.69 bits per heavy atom. The maximum atomic E-state index is 8.77. The van der Waals surface area contributed by atoms with Gasteiger partial charge in [0, 0.05) is 0 Å². The van der Waals surface area contributed by atoms with E-state index in [9.17, 15) is 0 Å². The lowest BCUT2D eigenvalue weighted by Crippen LogP contribution is -2.32. The summed E-state index contributed by atoms with van der Waals surface area (Å²) in [7, 11) is 0. The topological polar surface area (TPSA) is 20.2 Å². The molecule has 1 saturated carbocycles. The molecule has 76 valence electrons. The van der Waals surface area contributed by atoms with Gasteiger partial charge in [-0.2, -0.15) is 0 Å². The third-order valence-electron chi connectivity index (χ3n) is 3.44. The molecule has 1 unspecified atom stereocenters. The maximum Gasteiger partial charge on any atom is 0.0612 e. The van der Waals surface area contributed by atoms with Gasteiger partial charge in [-0.25, -0.2) is 0 Å². The van der Waals surface area contributed by atoms with Crippen molar-refractivity contribution >= 4 is 0 Å². The SMILES string of the molecule is C[C@H]1CCCC(C)(C)C1/C=C/CO. The summed E-state index contributed by atoms with van der Waals surface area (Å²) in [6.45, 7) is 7.19. The van der Waals surface area contributed by atoms with Crippen LogP contribution in [0.4, 0.5) is 0 Å². The van der Waals surface area contributed by atoms with E-state index in [1.54, 1.807) is 0 Å². The van der Waals surface area contributed by atoms with Gasteiger partial charge < -0.3 is 5.11 Å². The minimum absolute atomic E-state index is 0.180. The fraction of sp³-hybridized carbons (Fsp3) is 0.833. The molecule has 0 spiro atoms. The summed E-state index contributed by atoms with van der Waals surface area (Å²) in [4.78, 5) is 0. The van der Waals surface area contributed by atoms with Crippen LogP contribution < -0.4 is 0 Å². The molecule has 0 saturated heterocycles. The molecule has 0 radical (unpaired) electrons. The highest BCUT2D eigenvalue weighted by Crippen LogP contribution is 2.44. The molecule has 1 aliphatic rings. The summed E-state index contributed by atoms with van der Waals surface area (Å²) < 4.78 is 0. The molecule has 2 atom stereocenters. The lowest BCUT2D eigenvalue weighted by atomic mass is 9.64. The van der Waals surface area contributed by atoms with Gasteiger partial charge in [0.2, 0.25) is 0 Å². The van der Waals surface area contributed by atoms with Gasteiger partial charge in [-0.05, 0) is 23.7 Å². The average Bonchev–Trinajstić information content (AvgIpc) is 2.02. The molecule has 0 aliphatic heterocycles. The minimum atomic E-state index is 0.180. The van der Waals surface area contributed by atoms with Crippen LogP contribution in [0.5, 0.6) is 0 Å². The molecule has 0 heterocycles. The van der Waals surface area contributed by atoms with Crippen molar-refractivity contribution in [3.63, 3.8) is 0 Å². The molecule has 1 nitrogen and oxygen atoms in total. The highest BCUT2D eigenvalue weighted by Gasteiger charge is 2.34. The van der Waals surface area contributed by atoms with Crippen LogP contribution in [0.2, 0.25) is 0 Å². The van der Waals surface area contributed by atoms with Crippen molar-refractivity contribution in [3.05, 3.63) is 12.2 Å². The highest BCUT2D eigenvalue weighted by molar-refractivity contribution is 4.99. The number of aliphatic hydroxyl groups excluding tert-OH is 1. The van der Waals surface area contributed by atoms with Crippen LogP contribution in [-0.4, -0.2) is 11.7 Å². The molecule has 1 aliphatic carbocycles. The van der Waals surface area contributed by atoms with Crippen molar-refractivity contribution in [2.45, 2.75) is 40.0 Å². The molecule has 1 rings (SSSR count). The number of aliphatic hydroxyl groups is 1. The Hall–Kier alpha value is -0.300. The lowest BCUT2D eigenvalue weighted by Gasteiger charge is -2.41. The fourth-order valence-electron chi connectivity index (χ4n) is 2.65. The quantitative estimate of drug-likeness (QED) is 0.651. The van der Waals surface area contributed by atoms with Gasteiger partial charge in [-0.3, -0.25) is 0 Å². The molecular formula is C12H22O. The summed E-state index contributed by atoms with van der Waals surface area (Å²) in [5, 5.41) is 8.77. The number of hydrogen-bond acceptors (Lipinski definition) is 1. The van der Waals surface area contributed by atoms with E-state index in [4.69, 9.17) is 5.11 Å². The van der Waals surface area contributed by atoms with Gasteiger partial charge in [0.25, 0.3) is 0 Å². The number of hydrogen-bond donors (Lipinski definition) is 1. The van der Waals surface area contributed by atoms with Crippen molar-refractivity contribution in [3.8, 4) is 0 Å². The van der Waals surface area contributed by atoms with Crippen molar-refractivity contribution in [2.75, 3.05) is 6.61 Å². The zero-order valence-electron chi connectivity index (χ0n) is 9.09. The molecule has 1 fully saturated rings. The molecule has 0 amide bonds. The summed E-state index contributed by atoms with van der Waals surface area (Å²) in [5.41, 5.74) is 0.420. The summed E-state index contributed by atoms with van der Waals surface area (Å²) in [6.07, 6.45) is 8.12. The van der Waals surface area contributed by atoms with Gasteiger partial charge in [-0.15, -0.1) is 0 Å². The van der Waals surface area contributed by atoms with Crippen molar-refractivity contribution in [1.82, 2.24) is 0 Å². The van der Waals surface area contributed by atoms with Crippen LogP contribution >= 0.6 is 0 Å². The van der Waals surface area contributed by atoms with E-state index >= 15 is 0 Å². The van der Waals surface area contributed by atoms with E-state index in [1.807, 2.05) is 6.08 Å². The van der Waals surface area contributed by atoms with E-state index in [0.29, 0.717) is 11.3 Å². The Kier molecular flexibility index (Phi) is 3.55. The van der Waals surface area contributed by atoms with Crippen LogP contribution in [0, 0.1) is 17.3 Å². The molecule has 1 N–H and O–H groups in total. The molecule has 0 aromatic heterocycles. The average molecular weight is 182 g/mol. The first kappa shape index (κ1) is 10.8. The Morgan fingerprint density at radius 1 is 1.46 bits per heavy atom. The smallest absolute Gasteiger partial charge is 0.0612 e. The summed E-state index contributed by atoms with van der Waals surface area (Å²) in [5.74, 6) is 1.42. The van der Waals surface area contributed by atoms with Crippen LogP contribution in [0.25, 0.3) is 0 Å². The molecule has 0 aromatic rings. The van der Waals surface area contributed by atoms with Crippen LogP contribution in [0.3, 0.4) is 0 Å². The first-order valence-corrected chi connectivity index (χ1v) is 5.35. The molecule has 0 aromatic carbocycles. The largest absolute Gasteiger partial charge is 0.392 e. The Labute approximate surface area is 81.9 Å². The maximum absolute atomic E-state index is 8.77. The fourth-order valence-corrected chi connectivity index (χ4v) is 2.65. The predicted octanol–water partition coefficient (Wildman–Crippen LogP) is 3.00. The van der Waals surface area contributed by atoms with E-state index in [2.05, 4.69) is 26.8 Å². The second kappa shape index (κ2) is 4.28. The second-order valence-corrected chi connectivity index (χ2v) is 4.99. The molecule has 13 heavy (non-hydrogen) atoms. The second-order valence-electron chi connectivity index (χ2n) is 4.99. The molecular weight excluding hydrogens is 160 g/mol. The van der Waals surface area contributed by atoms with Gasteiger partial charge >= 0.3 is 0 Å². The van der Waals surface area contributed by atoms with Gasteiger partial charge in [0.1, 0.15) is 0 Å². The van der Waals surface area contributed by atoms with Gasteiger partial charge in [-0.1, -0.05) is 45.8 Å². The first-order chi connectivity index (χ1) is 6.08. The van der Waals surface area contributed by atoms with Crippen LogP contribution in [0.15, 0.2) is 12.2 Å². The van der Waals surface area contributed by atoms with Crippen molar-refractivity contribution < 1.29 is 5.11 Å². The zero-order chi connectivity index (χ0) is 9.90. The number of allylic oxidation sites excluding steroid dienone is 1. The van der Waals surface area contributed by atoms with E-state index in [1.165, 1.54) is 19.3 Å². The van der Waals surface area contributed by atoms with Gasteiger partial charge in [0.15, 0.2) is 0 Å². The Balaban J connectivity index is 2.68. The van der Waals surface area contributed by atoms with Crippen LogP contribution in [0.1, 0.15) is 40.0 Å².